The van der Waals surface area contributed by atoms with Crippen molar-refractivity contribution < 1.29 is 14.1 Å². The molecule has 104 valence electrons. The average Bonchev–Trinajstić information content (AvgIpc) is 2.40. The molecular weight excluding hydrogens is 366 g/mol. The lowest BCUT2D eigenvalue weighted by Gasteiger charge is -2.22. The second-order valence-corrected chi connectivity index (χ2v) is 5.64. The Morgan fingerprint density at radius 3 is 2.79 bits per heavy atom. The van der Waals surface area contributed by atoms with Gasteiger partial charge in [0.15, 0.2) is 0 Å². The van der Waals surface area contributed by atoms with Crippen LogP contribution in [-0.4, -0.2) is 24.7 Å². The van der Waals surface area contributed by atoms with Gasteiger partial charge in [0, 0.05) is 31.9 Å². The molecule has 0 atom stereocenters. The minimum Gasteiger partial charge on any atom is -0.381 e. The molecule has 19 heavy (non-hydrogen) atoms. The molecule has 0 unspecified atom stereocenters. The molecule has 0 aromatic heterocycles. The van der Waals surface area contributed by atoms with E-state index in [-0.39, 0.29) is 14.9 Å². The van der Waals surface area contributed by atoms with Crippen molar-refractivity contribution in [2.75, 3.05) is 25.1 Å². The Balaban J connectivity index is 2.09. The second kappa shape index (κ2) is 6.47. The van der Waals surface area contributed by atoms with Gasteiger partial charge in [0.1, 0.15) is 11.5 Å². The van der Waals surface area contributed by atoms with Crippen LogP contribution >= 0.6 is 22.6 Å². The molecule has 1 aliphatic rings. The van der Waals surface area contributed by atoms with Gasteiger partial charge >= 0.3 is 0 Å². The minimum absolute atomic E-state index is 0.0853. The number of nitrogens with zero attached hydrogens (tertiary/aromatic N) is 1. The highest BCUT2D eigenvalue weighted by Gasteiger charge is 2.19. The van der Waals surface area contributed by atoms with E-state index in [9.17, 15) is 14.5 Å². The molecule has 5 nitrogen and oxygen atoms in total. The first-order valence-electron chi connectivity index (χ1n) is 6.03. The third-order valence-corrected chi connectivity index (χ3v) is 3.98. The predicted molar refractivity (Wildman–Crippen MR) is 77.8 cm³/mol. The molecule has 1 aromatic rings. The van der Waals surface area contributed by atoms with Crippen LogP contribution in [0, 0.1) is 25.4 Å². The van der Waals surface area contributed by atoms with Crippen molar-refractivity contribution in [1.82, 2.24) is 0 Å². The Kier molecular flexibility index (Phi) is 4.92. The molecule has 1 N–H and O–H groups in total. The Morgan fingerprint density at radius 2 is 2.16 bits per heavy atom. The van der Waals surface area contributed by atoms with Crippen molar-refractivity contribution in [2.45, 2.75) is 12.8 Å². The molecule has 0 aliphatic carbocycles. The fourth-order valence-electron chi connectivity index (χ4n) is 2.03. The Morgan fingerprint density at radius 1 is 1.47 bits per heavy atom. The maximum atomic E-state index is 13.5. The molecule has 1 aromatic carbocycles. The molecule has 2 rings (SSSR count). The van der Waals surface area contributed by atoms with Crippen LogP contribution in [0.1, 0.15) is 12.8 Å². The third kappa shape index (κ3) is 3.75. The van der Waals surface area contributed by atoms with Gasteiger partial charge in [0.25, 0.3) is 5.69 Å². The molecule has 0 bridgehead atoms. The van der Waals surface area contributed by atoms with Crippen molar-refractivity contribution in [2.24, 2.45) is 5.92 Å². The highest BCUT2D eigenvalue weighted by Crippen LogP contribution is 2.29. The number of halogens is 2. The third-order valence-electron chi connectivity index (χ3n) is 3.16. The van der Waals surface area contributed by atoms with Crippen LogP contribution in [-0.2, 0) is 4.74 Å². The first kappa shape index (κ1) is 14.4. The molecule has 0 spiro atoms. The van der Waals surface area contributed by atoms with Gasteiger partial charge in [-0.3, -0.25) is 10.1 Å². The van der Waals surface area contributed by atoms with Crippen LogP contribution in [0.4, 0.5) is 15.8 Å². The van der Waals surface area contributed by atoms with Gasteiger partial charge < -0.3 is 10.1 Å². The minimum atomic E-state index is -0.492. The fraction of sp³-hybridized carbons (Fsp3) is 0.500. The Hall–Kier alpha value is -0.960. The summed E-state index contributed by atoms with van der Waals surface area (Å²) in [6.07, 6.45) is 1.85. The number of nitrogens with one attached hydrogen (secondary N) is 1. The van der Waals surface area contributed by atoms with Gasteiger partial charge in [-0.15, -0.1) is 0 Å². The normalized spacial score (nSPS) is 16.3. The maximum Gasteiger partial charge on any atom is 0.293 e. The monoisotopic (exact) mass is 380 g/mol. The largest absolute Gasteiger partial charge is 0.381 e. The molecule has 0 amide bonds. The van der Waals surface area contributed by atoms with Crippen molar-refractivity contribution in [3.63, 3.8) is 0 Å². The first-order chi connectivity index (χ1) is 9.08. The van der Waals surface area contributed by atoms with Gasteiger partial charge in [-0.1, -0.05) is 0 Å². The topological polar surface area (TPSA) is 64.4 Å². The number of nitro groups is 1. The van der Waals surface area contributed by atoms with Crippen LogP contribution in [0.3, 0.4) is 0 Å². The number of benzene rings is 1. The summed E-state index contributed by atoms with van der Waals surface area (Å²) < 4.78 is 19.0. The lowest BCUT2D eigenvalue weighted by molar-refractivity contribution is -0.384. The van der Waals surface area contributed by atoms with Crippen molar-refractivity contribution in [3.05, 3.63) is 31.6 Å². The predicted octanol–water partition coefficient (Wildman–Crippen LogP) is 3.18. The second-order valence-electron chi connectivity index (χ2n) is 4.48. The Labute approximate surface area is 123 Å². The smallest absolute Gasteiger partial charge is 0.293 e. The summed E-state index contributed by atoms with van der Waals surface area (Å²) >= 11 is 1.75. The fourth-order valence-corrected chi connectivity index (χ4v) is 2.48. The Bertz CT molecular complexity index is 478. The van der Waals surface area contributed by atoms with Crippen molar-refractivity contribution in [1.29, 1.82) is 0 Å². The lowest BCUT2D eigenvalue weighted by atomic mass is 10.0. The van der Waals surface area contributed by atoms with E-state index in [2.05, 4.69) is 5.32 Å². The van der Waals surface area contributed by atoms with E-state index < -0.39 is 10.7 Å². The molecule has 0 saturated carbocycles. The SMILES string of the molecule is O=[N+]([O-])c1cc(I)c(F)cc1NCC1CCOCC1. The number of anilines is 1. The quantitative estimate of drug-likeness (QED) is 0.495. The van der Waals surface area contributed by atoms with E-state index in [1.165, 1.54) is 12.1 Å². The van der Waals surface area contributed by atoms with Crippen molar-refractivity contribution >= 4 is 34.0 Å². The number of nitro benzene ring substituents is 1. The molecule has 1 saturated heterocycles. The molecule has 0 radical (unpaired) electrons. The van der Waals surface area contributed by atoms with Crippen LogP contribution < -0.4 is 5.32 Å². The van der Waals surface area contributed by atoms with E-state index in [1.54, 1.807) is 22.6 Å². The summed E-state index contributed by atoms with van der Waals surface area (Å²) in [5.74, 6) is -0.0311. The van der Waals surface area contributed by atoms with Crippen LogP contribution in [0.25, 0.3) is 0 Å². The van der Waals surface area contributed by atoms with Gasteiger partial charge in [-0.05, 0) is 41.4 Å². The summed E-state index contributed by atoms with van der Waals surface area (Å²) in [6.45, 7) is 2.04. The summed E-state index contributed by atoms with van der Waals surface area (Å²) in [6, 6.07) is 2.45. The highest BCUT2D eigenvalue weighted by atomic mass is 127. The van der Waals surface area contributed by atoms with E-state index in [0.29, 0.717) is 12.5 Å². The molecule has 1 heterocycles. The number of rotatable bonds is 4. The highest BCUT2D eigenvalue weighted by molar-refractivity contribution is 14.1. The molecule has 7 heteroatoms. The first-order valence-corrected chi connectivity index (χ1v) is 7.11. The average molecular weight is 380 g/mol. The van der Waals surface area contributed by atoms with E-state index >= 15 is 0 Å². The van der Waals surface area contributed by atoms with Gasteiger partial charge in [0.2, 0.25) is 0 Å². The van der Waals surface area contributed by atoms with Crippen LogP contribution in [0.2, 0.25) is 0 Å². The molecule has 1 aliphatic heterocycles. The van der Waals surface area contributed by atoms with E-state index in [4.69, 9.17) is 4.74 Å². The summed E-state index contributed by atoms with van der Waals surface area (Å²) in [7, 11) is 0. The van der Waals surface area contributed by atoms with Crippen molar-refractivity contribution in [3.8, 4) is 0 Å². The van der Waals surface area contributed by atoms with Gasteiger partial charge in [0.05, 0.1) is 8.49 Å². The number of hydrogen-bond acceptors (Lipinski definition) is 4. The molecule has 1 fully saturated rings. The van der Waals surface area contributed by atoms with E-state index in [1.807, 2.05) is 0 Å². The standard InChI is InChI=1S/C12H14FIN2O3/c13-9-5-11(12(16(17)18)6-10(9)14)15-7-8-1-3-19-4-2-8/h5-6,8,15H,1-4,7H2. The lowest BCUT2D eigenvalue weighted by Crippen LogP contribution is -2.23. The zero-order chi connectivity index (χ0) is 13.8. The van der Waals surface area contributed by atoms with Crippen LogP contribution in [0.5, 0.6) is 0 Å². The number of hydrogen-bond donors (Lipinski definition) is 1. The summed E-state index contributed by atoms with van der Waals surface area (Å²) in [5.41, 5.74) is 0.160. The van der Waals surface area contributed by atoms with Gasteiger partial charge in [-0.2, -0.15) is 0 Å². The van der Waals surface area contributed by atoms with Gasteiger partial charge in [-0.25, -0.2) is 4.39 Å². The zero-order valence-corrected chi connectivity index (χ0v) is 12.4. The maximum absolute atomic E-state index is 13.5. The summed E-state index contributed by atoms with van der Waals surface area (Å²) in [5, 5.41) is 13.9. The molecular formula is C12H14FIN2O3. The van der Waals surface area contributed by atoms with E-state index in [0.717, 1.165) is 26.1 Å². The van der Waals surface area contributed by atoms with Crippen LogP contribution in [0.15, 0.2) is 12.1 Å². The zero-order valence-electron chi connectivity index (χ0n) is 10.2. The number of ether oxygens (including phenoxy) is 1. The summed E-state index contributed by atoms with van der Waals surface area (Å²) in [4.78, 5) is 10.5.